The number of hydrogen-bond acceptors (Lipinski definition) is 2. The first-order valence-electron chi connectivity index (χ1n) is 8.15. The smallest absolute Gasteiger partial charge is 0.0903 e. The second-order valence-electron chi connectivity index (χ2n) is 6.86. The molecule has 0 radical (unpaired) electrons. The van der Waals surface area contributed by atoms with Crippen molar-refractivity contribution >= 4 is 0 Å². The second-order valence-corrected chi connectivity index (χ2v) is 6.86. The van der Waals surface area contributed by atoms with E-state index in [0.717, 1.165) is 31.5 Å². The molecular formula is C19H24FNO. The van der Waals surface area contributed by atoms with Gasteiger partial charge in [-0.2, -0.15) is 0 Å². The van der Waals surface area contributed by atoms with Gasteiger partial charge in [0.2, 0.25) is 0 Å². The van der Waals surface area contributed by atoms with E-state index < -0.39 is 5.60 Å². The molecule has 0 bridgehead atoms. The minimum absolute atomic E-state index is 0.293. The van der Waals surface area contributed by atoms with Crippen LogP contribution in [0.15, 0.2) is 12.1 Å². The Hall–Kier alpha value is -1.37. The Morgan fingerprint density at radius 3 is 2.86 bits per heavy atom. The van der Waals surface area contributed by atoms with Crippen molar-refractivity contribution in [3.8, 4) is 11.8 Å². The first-order chi connectivity index (χ1) is 10.5. The summed E-state index contributed by atoms with van der Waals surface area (Å²) >= 11 is 0. The molecule has 0 saturated carbocycles. The van der Waals surface area contributed by atoms with Crippen LogP contribution in [0.25, 0.3) is 0 Å². The lowest BCUT2D eigenvalue weighted by Crippen LogP contribution is -2.60. The quantitative estimate of drug-likeness (QED) is 0.685. The first kappa shape index (κ1) is 15.5. The average molecular weight is 301 g/mol. The van der Waals surface area contributed by atoms with Crippen molar-refractivity contribution in [1.82, 2.24) is 4.90 Å². The summed E-state index contributed by atoms with van der Waals surface area (Å²) < 4.78 is 12.1. The van der Waals surface area contributed by atoms with Crippen LogP contribution in [-0.4, -0.2) is 35.4 Å². The van der Waals surface area contributed by atoms with Gasteiger partial charge in [0, 0.05) is 31.1 Å². The molecule has 1 aromatic rings. The van der Waals surface area contributed by atoms with E-state index >= 15 is 0 Å². The fourth-order valence-electron chi connectivity index (χ4n) is 3.74. The van der Waals surface area contributed by atoms with Crippen molar-refractivity contribution in [2.24, 2.45) is 0 Å². The minimum atomic E-state index is -0.514. The summed E-state index contributed by atoms with van der Waals surface area (Å²) in [5.41, 5.74) is 4.67. The zero-order valence-electron chi connectivity index (χ0n) is 13.5. The monoisotopic (exact) mass is 301 g/mol. The van der Waals surface area contributed by atoms with Gasteiger partial charge < -0.3 is 5.11 Å². The molecule has 1 atom stereocenters. The van der Waals surface area contributed by atoms with Gasteiger partial charge in [-0.1, -0.05) is 17.9 Å². The largest absolute Gasteiger partial charge is 0.388 e. The lowest BCUT2D eigenvalue weighted by Gasteiger charge is -2.47. The Labute approximate surface area is 132 Å². The predicted octanol–water partition coefficient (Wildman–Crippen LogP) is 3.15. The van der Waals surface area contributed by atoms with Crippen LogP contribution in [0.1, 0.15) is 54.5 Å². The number of unbranched alkanes of at least 4 members (excludes halogenated alkanes) is 1. The van der Waals surface area contributed by atoms with Crippen molar-refractivity contribution in [3.63, 3.8) is 0 Å². The van der Waals surface area contributed by atoms with Crippen LogP contribution < -0.4 is 0 Å². The van der Waals surface area contributed by atoms with E-state index in [-0.39, 0.29) is 6.67 Å². The fourth-order valence-corrected chi connectivity index (χ4v) is 3.74. The van der Waals surface area contributed by atoms with Crippen molar-refractivity contribution < 1.29 is 9.50 Å². The number of alkyl halides is 1. The maximum atomic E-state index is 12.1. The molecule has 1 N–H and O–H groups in total. The molecule has 118 valence electrons. The molecule has 0 spiro atoms. The molecule has 1 aromatic carbocycles. The Kier molecular flexibility index (Phi) is 4.25. The van der Waals surface area contributed by atoms with Crippen LogP contribution >= 0.6 is 0 Å². The average Bonchev–Trinajstić information content (AvgIpc) is 2.87. The highest BCUT2D eigenvalue weighted by Crippen LogP contribution is 2.41. The number of rotatable bonds is 3. The number of likely N-dealkylation sites (tertiary alicyclic amines) is 1. The molecule has 22 heavy (non-hydrogen) atoms. The van der Waals surface area contributed by atoms with Gasteiger partial charge in [0.25, 0.3) is 0 Å². The number of nitrogens with zero attached hydrogens (tertiary/aromatic N) is 1. The normalized spacial score (nSPS) is 22.6. The third kappa shape index (κ3) is 2.91. The number of hydrogen-bond donors (Lipinski definition) is 1. The number of halogens is 1. The summed E-state index contributed by atoms with van der Waals surface area (Å²) in [4.78, 5) is 2.37. The third-order valence-electron chi connectivity index (χ3n) is 4.85. The summed E-state index contributed by atoms with van der Waals surface area (Å²) in [6.07, 6.45) is 3.36. The van der Waals surface area contributed by atoms with Crippen LogP contribution in [-0.2, 0) is 6.42 Å². The number of fused-ring (bicyclic) bond motifs is 1. The summed E-state index contributed by atoms with van der Waals surface area (Å²) in [5.74, 6) is 6.26. The molecule has 3 rings (SSSR count). The molecule has 0 amide bonds. The molecule has 1 aliphatic carbocycles. The maximum absolute atomic E-state index is 12.1. The topological polar surface area (TPSA) is 23.5 Å². The maximum Gasteiger partial charge on any atom is 0.0903 e. The zero-order valence-corrected chi connectivity index (χ0v) is 13.5. The van der Waals surface area contributed by atoms with Gasteiger partial charge >= 0.3 is 0 Å². The predicted molar refractivity (Wildman–Crippen MR) is 86.5 cm³/mol. The first-order valence-corrected chi connectivity index (χ1v) is 8.15. The van der Waals surface area contributed by atoms with E-state index in [2.05, 4.69) is 35.8 Å². The second kappa shape index (κ2) is 6.02. The molecule has 1 heterocycles. The Morgan fingerprint density at radius 2 is 2.18 bits per heavy atom. The van der Waals surface area contributed by atoms with Crippen molar-refractivity contribution in [1.29, 1.82) is 0 Å². The van der Waals surface area contributed by atoms with Crippen molar-refractivity contribution in [2.45, 2.75) is 51.2 Å². The lowest BCUT2D eigenvalue weighted by atomic mass is 9.91. The van der Waals surface area contributed by atoms with Crippen LogP contribution in [0.5, 0.6) is 0 Å². The highest BCUT2D eigenvalue weighted by molar-refractivity contribution is 5.51. The molecular weight excluding hydrogens is 277 g/mol. The molecule has 2 aliphatic rings. The molecule has 1 fully saturated rings. The molecule has 3 heteroatoms. The SMILES string of the molecule is Cc1c(C#CCCCF)ccc2c1CCC2N1CC(C)(O)C1. The van der Waals surface area contributed by atoms with Crippen LogP contribution in [0.4, 0.5) is 4.39 Å². The Balaban J connectivity index is 1.77. The standard InChI is InChI=1S/C19H24FNO/c1-14-15(6-4-3-5-11-20)7-8-17-16(14)9-10-18(17)21-12-19(2,22)13-21/h7-8,18,22H,3,5,9-13H2,1-2H3. The van der Waals surface area contributed by atoms with E-state index in [9.17, 15) is 9.50 Å². The number of aliphatic hydroxyl groups is 1. The van der Waals surface area contributed by atoms with E-state index in [0.29, 0.717) is 18.9 Å². The number of benzene rings is 1. The van der Waals surface area contributed by atoms with E-state index in [1.807, 2.05) is 6.92 Å². The summed E-state index contributed by atoms with van der Waals surface area (Å²) in [6, 6.07) is 4.75. The summed E-state index contributed by atoms with van der Waals surface area (Å²) in [5, 5.41) is 9.94. The summed E-state index contributed by atoms with van der Waals surface area (Å²) in [7, 11) is 0. The molecule has 1 unspecified atom stereocenters. The molecule has 0 aromatic heterocycles. The van der Waals surface area contributed by atoms with E-state index in [1.54, 1.807) is 0 Å². The highest BCUT2D eigenvalue weighted by Gasteiger charge is 2.42. The van der Waals surface area contributed by atoms with Gasteiger partial charge in [0.05, 0.1) is 12.3 Å². The van der Waals surface area contributed by atoms with Crippen molar-refractivity contribution in [2.75, 3.05) is 19.8 Å². The minimum Gasteiger partial charge on any atom is -0.388 e. The zero-order chi connectivity index (χ0) is 15.7. The Bertz CT molecular complexity index is 618. The van der Waals surface area contributed by atoms with Crippen LogP contribution in [0.2, 0.25) is 0 Å². The van der Waals surface area contributed by atoms with Crippen LogP contribution in [0, 0.1) is 18.8 Å². The Morgan fingerprint density at radius 1 is 1.41 bits per heavy atom. The third-order valence-corrected chi connectivity index (χ3v) is 4.85. The van der Waals surface area contributed by atoms with E-state index in [4.69, 9.17) is 0 Å². The van der Waals surface area contributed by atoms with Gasteiger partial charge in [0.1, 0.15) is 0 Å². The highest BCUT2D eigenvalue weighted by atomic mass is 19.1. The fraction of sp³-hybridized carbons (Fsp3) is 0.579. The van der Waals surface area contributed by atoms with Gasteiger partial charge in [-0.15, -0.1) is 0 Å². The molecule has 2 nitrogen and oxygen atoms in total. The van der Waals surface area contributed by atoms with Gasteiger partial charge in [0.15, 0.2) is 0 Å². The van der Waals surface area contributed by atoms with Gasteiger partial charge in [-0.25, -0.2) is 0 Å². The molecule has 1 aliphatic heterocycles. The van der Waals surface area contributed by atoms with Gasteiger partial charge in [-0.3, -0.25) is 9.29 Å². The summed E-state index contributed by atoms with van der Waals surface area (Å²) in [6.45, 7) is 5.29. The lowest BCUT2D eigenvalue weighted by molar-refractivity contribution is -0.103. The van der Waals surface area contributed by atoms with E-state index in [1.165, 1.54) is 16.7 Å². The van der Waals surface area contributed by atoms with Crippen molar-refractivity contribution in [3.05, 3.63) is 34.4 Å². The molecule has 1 saturated heterocycles. The van der Waals surface area contributed by atoms with Crippen LogP contribution in [0.3, 0.4) is 0 Å². The number of β-amino-alcohol motifs (C(OH)–C–C–N with tert-alkyl or cyclic N) is 1. The van der Waals surface area contributed by atoms with Gasteiger partial charge in [-0.05, 0) is 55.9 Å².